The van der Waals surface area contributed by atoms with Gasteiger partial charge in [-0.3, -0.25) is 14.7 Å². The molecule has 2 unspecified atom stereocenters. The van der Waals surface area contributed by atoms with Gasteiger partial charge in [0.1, 0.15) is 15.4 Å². The molecule has 0 aromatic rings. The van der Waals surface area contributed by atoms with Crippen LogP contribution in [0.2, 0.25) is 0 Å². The standard InChI is InChI=1S/C14H16BrClN2O3S.BrH/c15-11(16)8-6-22-13-9(17-7-4-2-1-3-5-7)12(19)18(13)10(8)14(20)21;/h9,11,13H,1-6H2,(H,20,21);1H/t9?,11?,13-;/m0./s1. The van der Waals surface area contributed by atoms with E-state index in [1.54, 1.807) is 0 Å². The van der Waals surface area contributed by atoms with Crippen LogP contribution in [0.25, 0.3) is 0 Å². The molecule has 3 atom stereocenters. The first-order valence-electron chi connectivity index (χ1n) is 7.25. The van der Waals surface area contributed by atoms with Gasteiger partial charge in [-0.25, -0.2) is 4.79 Å². The fraction of sp³-hybridized carbons (Fsp3) is 0.643. The van der Waals surface area contributed by atoms with Crippen molar-refractivity contribution < 1.29 is 14.7 Å². The number of carboxylic acid groups (broad SMARTS) is 1. The van der Waals surface area contributed by atoms with Gasteiger partial charge in [-0.05, 0) is 31.3 Å². The van der Waals surface area contributed by atoms with E-state index >= 15 is 0 Å². The number of halogens is 3. The first-order chi connectivity index (χ1) is 10.5. The van der Waals surface area contributed by atoms with Crippen LogP contribution in [0.4, 0.5) is 0 Å². The monoisotopic (exact) mass is 486 g/mol. The van der Waals surface area contributed by atoms with Gasteiger partial charge in [-0.2, -0.15) is 0 Å². The van der Waals surface area contributed by atoms with Crippen molar-refractivity contribution in [2.24, 2.45) is 4.99 Å². The summed E-state index contributed by atoms with van der Waals surface area (Å²) in [5.74, 6) is -0.839. The number of alkyl halides is 2. The predicted molar refractivity (Wildman–Crippen MR) is 101 cm³/mol. The molecule has 0 aromatic heterocycles. The zero-order valence-electron chi connectivity index (χ0n) is 12.2. The van der Waals surface area contributed by atoms with E-state index in [0.29, 0.717) is 11.3 Å². The number of rotatable bonds is 3. The molecule has 0 spiro atoms. The number of fused-ring (bicyclic) bond motifs is 1. The number of hydrogen-bond donors (Lipinski definition) is 1. The Balaban J connectivity index is 0.00000192. The Kier molecular flexibility index (Phi) is 6.61. The summed E-state index contributed by atoms with van der Waals surface area (Å²) in [6, 6.07) is -0.432. The summed E-state index contributed by atoms with van der Waals surface area (Å²) in [6.07, 6.45) is 5.39. The minimum Gasteiger partial charge on any atom is -0.477 e. The van der Waals surface area contributed by atoms with Crippen LogP contribution < -0.4 is 0 Å². The van der Waals surface area contributed by atoms with Crippen LogP contribution in [0.1, 0.15) is 32.1 Å². The normalized spacial score (nSPS) is 28.5. The Bertz CT molecular complexity index is 574. The fourth-order valence-corrected chi connectivity index (χ4v) is 5.30. The van der Waals surface area contributed by atoms with Crippen molar-refractivity contribution in [3.8, 4) is 0 Å². The minimum absolute atomic E-state index is 0. The minimum atomic E-state index is -1.11. The van der Waals surface area contributed by atoms with Gasteiger partial charge in [0, 0.05) is 11.5 Å². The van der Waals surface area contributed by atoms with E-state index in [9.17, 15) is 14.7 Å². The van der Waals surface area contributed by atoms with Gasteiger partial charge in [-0.15, -0.1) is 40.3 Å². The fourth-order valence-electron chi connectivity index (χ4n) is 3.06. The van der Waals surface area contributed by atoms with Crippen molar-refractivity contribution in [1.82, 2.24) is 4.90 Å². The molecule has 2 heterocycles. The number of aliphatic carboxylic acids is 1. The third-order valence-electron chi connectivity index (χ3n) is 4.19. The molecule has 1 amide bonds. The molecule has 1 N–H and O–H groups in total. The summed E-state index contributed by atoms with van der Waals surface area (Å²) >= 11 is 10.7. The molecule has 1 saturated carbocycles. The number of β-lactam (4-membered cyclic amide) rings is 1. The molecule has 23 heavy (non-hydrogen) atoms. The van der Waals surface area contributed by atoms with Crippen LogP contribution in [0.5, 0.6) is 0 Å². The van der Waals surface area contributed by atoms with Gasteiger partial charge in [-0.1, -0.05) is 22.4 Å². The van der Waals surface area contributed by atoms with Crippen molar-refractivity contribution in [1.29, 1.82) is 0 Å². The topological polar surface area (TPSA) is 70.0 Å². The average Bonchev–Trinajstić information content (AvgIpc) is 2.51. The molecule has 128 valence electrons. The molecule has 1 aliphatic carbocycles. The van der Waals surface area contributed by atoms with E-state index in [-0.39, 0.29) is 34.0 Å². The maximum Gasteiger partial charge on any atom is 0.352 e. The lowest BCUT2D eigenvalue weighted by atomic mass is 9.97. The molecule has 9 heteroatoms. The van der Waals surface area contributed by atoms with E-state index in [1.165, 1.54) is 23.1 Å². The predicted octanol–water partition coefficient (Wildman–Crippen LogP) is 3.55. The number of amides is 1. The van der Waals surface area contributed by atoms with Crippen molar-refractivity contribution in [3.05, 3.63) is 11.3 Å². The lowest BCUT2D eigenvalue weighted by Gasteiger charge is -2.48. The molecule has 0 bridgehead atoms. The van der Waals surface area contributed by atoms with E-state index in [0.717, 1.165) is 31.4 Å². The van der Waals surface area contributed by atoms with Crippen LogP contribution in [-0.2, 0) is 9.59 Å². The van der Waals surface area contributed by atoms with Crippen LogP contribution in [-0.4, -0.2) is 49.0 Å². The number of nitrogens with zero attached hydrogens (tertiary/aromatic N) is 2. The summed E-state index contributed by atoms with van der Waals surface area (Å²) in [4.78, 5) is 29.9. The Morgan fingerprint density at radius 2 is 2.04 bits per heavy atom. The van der Waals surface area contributed by atoms with Gasteiger partial charge < -0.3 is 5.11 Å². The van der Waals surface area contributed by atoms with Crippen LogP contribution in [0, 0.1) is 0 Å². The molecule has 0 aromatic carbocycles. The second kappa shape index (κ2) is 7.89. The molecule has 1 saturated heterocycles. The second-order valence-corrected chi connectivity index (χ2v) is 8.57. The highest BCUT2D eigenvalue weighted by Crippen LogP contribution is 2.44. The van der Waals surface area contributed by atoms with Gasteiger partial charge in [0.15, 0.2) is 6.04 Å². The quantitative estimate of drug-likeness (QED) is 0.487. The number of aliphatic imine (C=N–C) groups is 1. The second-order valence-electron chi connectivity index (χ2n) is 5.59. The van der Waals surface area contributed by atoms with E-state index in [2.05, 4.69) is 20.9 Å². The number of hydrogen-bond acceptors (Lipinski definition) is 4. The highest BCUT2D eigenvalue weighted by Gasteiger charge is 2.54. The largest absolute Gasteiger partial charge is 0.477 e. The van der Waals surface area contributed by atoms with Gasteiger partial charge in [0.2, 0.25) is 0 Å². The molecular weight excluding hydrogens is 471 g/mol. The Morgan fingerprint density at radius 1 is 1.39 bits per heavy atom. The Labute approximate surface area is 162 Å². The smallest absolute Gasteiger partial charge is 0.352 e. The third-order valence-corrected chi connectivity index (χ3v) is 6.29. The van der Waals surface area contributed by atoms with Gasteiger partial charge in [0.05, 0.1) is 0 Å². The van der Waals surface area contributed by atoms with E-state index in [4.69, 9.17) is 11.6 Å². The van der Waals surface area contributed by atoms with Crippen LogP contribution >= 0.6 is 56.3 Å². The molecule has 3 rings (SSSR count). The number of carboxylic acids is 1. The average molecular weight is 489 g/mol. The van der Waals surface area contributed by atoms with Crippen LogP contribution in [0.3, 0.4) is 0 Å². The first-order valence-corrected chi connectivity index (χ1v) is 9.65. The van der Waals surface area contributed by atoms with Crippen molar-refractivity contribution in [2.45, 2.75) is 47.8 Å². The molecule has 2 fully saturated rings. The Hall–Kier alpha value is -0.0500. The maximum atomic E-state index is 12.4. The van der Waals surface area contributed by atoms with Crippen molar-refractivity contribution in [3.63, 3.8) is 0 Å². The Morgan fingerprint density at radius 3 is 2.61 bits per heavy atom. The lowest BCUT2D eigenvalue weighted by Crippen LogP contribution is -2.64. The molecular formula is C14H17Br2ClN2O3S. The molecule has 3 aliphatic rings. The summed E-state index contributed by atoms with van der Waals surface area (Å²) in [6.45, 7) is 0. The lowest BCUT2D eigenvalue weighted by molar-refractivity contribution is -0.147. The number of carbonyl (C=O) groups excluding carboxylic acids is 1. The van der Waals surface area contributed by atoms with Crippen molar-refractivity contribution >= 4 is 73.9 Å². The number of carbonyl (C=O) groups is 2. The number of thioether (sulfide) groups is 1. The highest BCUT2D eigenvalue weighted by molar-refractivity contribution is 9.10. The highest BCUT2D eigenvalue weighted by atomic mass is 79.9. The zero-order valence-corrected chi connectivity index (χ0v) is 17.1. The molecule has 2 aliphatic heterocycles. The van der Waals surface area contributed by atoms with E-state index < -0.39 is 16.3 Å². The SMILES string of the molecule is Br.O=C(O)C1=C(C(Cl)Br)CS[C@H]2C(N=C3CCCCC3)C(=O)N12. The summed E-state index contributed by atoms with van der Waals surface area (Å²) < 4.78 is -0.580. The molecule has 5 nitrogen and oxygen atoms in total. The van der Waals surface area contributed by atoms with Gasteiger partial charge in [0.25, 0.3) is 5.91 Å². The van der Waals surface area contributed by atoms with Crippen molar-refractivity contribution in [2.75, 3.05) is 5.75 Å². The molecule has 0 radical (unpaired) electrons. The van der Waals surface area contributed by atoms with Crippen LogP contribution in [0.15, 0.2) is 16.3 Å². The summed E-state index contributed by atoms with van der Waals surface area (Å²) in [5.41, 5.74) is 1.66. The third kappa shape index (κ3) is 3.65. The maximum absolute atomic E-state index is 12.4. The van der Waals surface area contributed by atoms with Gasteiger partial charge >= 0.3 is 5.97 Å². The summed E-state index contributed by atoms with van der Waals surface area (Å²) in [7, 11) is 0. The first kappa shape index (κ1) is 19.3. The summed E-state index contributed by atoms with van der Waals surface area (Å²) in [5, 5.41) is 9.22. The van der Waals surface area contributed by atoms with E-state index in [1.807, 2.05) is 0 Å². The zero-order chi connectivity index (χ0) is 15.9.